The molecule has 1 aliphatic rings. The number of amides is 1. The van der Waals surface area contributed by atoms with Crippen molar-refractivity contribution in [1.29, 1.82) is 0 Å². The number of pyridine rings is 1. The van der Waals surface area contributed by atoms with Gasteiger partial charge in [-0.15, -0.1) is 0 Å². The van der Waals surface area contributed by atoms with E-state index in [1.807, 2.05) is 18.2 Å². The number of rotatable bonds is 2. The fraction of sp³-hybridized carbons (Fsp3) is 0.231. The van der Waals surface area contributed by atoms with Crippen molar-refractivity contribution in [3.8, 4) is 0 Å². The number of benzene rings is 1. The molecule has 2 aromatic rings. The molecule has 0 saturated carbocycles. The van der Waals surface area contributed by atoms with Crippen molar-refractivity contribution >= 4 is 28.1 Å². The Labute approximate surface area is 104 Å². The molecule has 4 N–H and O–H groups in total. The number of carbonyl (C=O) groups excluding carboxylic acids is 1. The summed E-state index contributed by atoms with van der Waals surface area (Å²) in [7, 11) is 0. The van der Waals surface area contributed by atoms with Crippen LogP contribution in [0.3, 0.4) is 0 Å². The van der Waals surface area contributed by atoms with Crippen LogP contribution in [-0.4, -0.2) is 23.5 Å². The van der Waals surface area contributed by atoms with Crippen molar-refractivity contribution in [1.82, 2.24) is 10.3 Å². The fourth-order valence-corrected chi connectivity index (χ4v) is 2.25. The molecule has 5 heteroatoms. The summed E-state index contributed by atoms with van der Waals surface area (Å²) in [5.74, 6) is 0.0797. The first-order valence-electron chi connectivity index (χ1n) is 5.89. The maximum atomic E-state index is 11.2. The van der Waals surface area contributed by atoms with Gasteiger partial charge in [0, 0.05) is 36.1 Å². The van der Waals surface area contributed by atoms with Gasteiger partial charge in [0.2, 0.25) is 5.91 Å². The van der Waals surface area contributed by atoms with E-state index in [9.17, 15) is 4.79 Å². The monoisotopic (exact) mass is 242 g/mol. The van der Waals surface area contributed by atoms with Crippen molar-refractivity contribution in [3.63, 3.8) is 0 Å². The minimum atomic E-state index is 0.0797. The van der Waals surface area contributed by atoms with Crippen molar-refractivity contribution in [2.45, 2.75) is 12.5 Å². The van der Waals surface area contributed by atoms with E-state index >= 15 is 0 Å². The predicted octanol–water partition coefficient (Wildman–Crippen LogP) is 1.12. The number of anilines is 2. The molecule has 1 atom stereocenters. The van der Waals surface area contributed by atoms with Gasteiger partial charge in [0.1, 0.15) is 0 Å². The molecule has 1 aliphatic heterocycles. The smallest absolute Gasteiger partial charge is 0.222 e. The molecule has 0 aliphatic carbocycles. The Morgan fingerprint density at radius 1 is 1.39 bits per heavy atom. The molecule has 92 valence electrons. The van der Waals surface area contributed by atoms with Gasteiger partial charge in [-0.25, -0.2) is 0 Å². The average molecular weight is 242 g/mol. The van der Waals surface area contributed by atoms with Gasteiger partial charge in [-0.1, -0.05) is 6.07 Å². The zero-order chi connectivity index (χ0) is 12.5. The van der Waals surface area contributed by atoms with E-state index in [4.69, 9.17) is 5.73 Å². The first-order valence-corrected chi connectivity index (χ1v) is 5.89. The zero-order valence-corrected chi connectivity index (χ0v) is 9.81. The van der Waals surface area contributed by atoms with Crippen LogP contribution in [0.5, 0.6) is 0 Å². The molecule has 2 heterocycles. The maximum Gasteiger partial charge on any atom is 0.222 e. The molecule has 18 heavy (non-hydrogen) atoms. The van der Waals surface area contributed by atoms with E-state index in [0.717, 1.165) is 16.5 Å². The summed E-state index contributed by atoms with van der Waals surface area (Å²) in [6.45, 7) is 0.645. The normalized spacial score (nSPS) is 18.9. The Bertz CT molecular complexity index is 611. The number of hydrogen-bond acceptors (Lipinski definition) is 4. The van der Waals surface area contributed by atoms with Gasteiger partial charge in [0.15, 0.2) is 0 Å². The first kappa shape index (κ1) is 10.8. The number of nitrogens with two attached hydrogens (primary N) is 1. The third kappa shape index (κ3) is 1.84. The highest BCUT2D eigenvalue weighted by Gasteiger charge is 2.21. The molecule has 0 bridgehead atoms. The molecule has 1 fully saturated rings. The molecule has 1 unspecified atom stereocenters. The van der Waals surface area contributed by atoms with Crippen molar-refractivity contribution in [3.05, 3.63) is 30.6 Å². The summed E-state index contributed by atoms with van der Waals surface area (Å²) in [4.78, 5) is 15.2. The number of hydrogen-bond donors (Lipinski definition) is 3. The van der Waals surface area contributed by atoms with E-state index in [0.29, 0.717) is 18.7 Å². The van der Waals surface area contributed by atoms with Gasteiger partial charge in [-0.3, -0.25) is 9.78 Å². The van der Waals surface area contributed by atoms with Crippen molar-refractivity contribution in [2.24, 2.45) is 0 Å². The van der Waals surface area contributed by atoms with Gasteiger partial charge in [0.05, 0.1) is 17.4 Å². The summed E-state index contributed by atoms with van der Waals surface area (Å²) in [5.41, 5.74) is 7.71. The highest BCUT2D eigenvalue weighted by Crippen LogP contribution is 2.28. The second-order valence-electron chi connectivity index (χ2n) is 4.47. The van der Waals surface area contributed by atoms with E-state index in [1.54, 1.807) is 12.4 Å². The quantitative estimate of drug-likeness (QED) is 0.689. The van der Waals surface area contributed by atoms with Crippen LogP contribution in [-0.2, 0) is 4.79 Å². The van der Waals surface area contributed by atoms with E-state index in [2.05, 4.69) is 15.6 Å². The largest absolute Gasteiger partial charge is 0.397 e. The number of aromatic nitrogens is 1. The molecule has 0 spiro atoms. The lowest BCUT2D eigenvalue weighted by Gasteiger charge is -2.15. The third-order valence-corrected chi connectivity index (χ3v) is 3.20. The maximum absolute atomic E-state index is 11.2. The second-order valence-corrected chi connectivity index (χ2v) is 4.47. The molecule has 0 radical (unpaired) electrons. The number of carbonyl (C=O) groups is 1. The molecule has 3 rings (SSSR count). The Morgan fingerprint density at radius 2 is 2.28 bits per heavy atom. The zero-order valence-electron chi connectivity index (χ0n) is 9.81. The highest BCUT2D eigenvalue weighted by molar-refractivity contribution is 5.98. The molecule has 1 saturated heterocycles. The van der Waals surface area contributed by atoms with Crippen LogP contribution in [0, 0.1) is 0 Å². The lowest BCUT2D eigenvalue weighted by atomic mass is 10.1. The predicted molar refractivity (Wildman–Crippen MR) is 71.2 cm³/mol. The molecule has 1 aromatic carbocycles. The molecule has 5 nitrogen and oxygen atoms in total. The highest BCUT2D eigenvalue weighted by atomic mass is 16.1. The van der Waals surface area contributed by atoms with E-state index in [1.165, 1.54) is 0 Å². The molecular weight excluding hydrogens is 228 g/mol. The van der Waals surface area contributed by atoms with E-state index < -0.39 is 0 Å². The lowest BCUT2D eigenvalue weighted by molar-refractivity contribution is -0.119. The Balaban J connectivity index is 1.92. The summed E-state index contributed by atoms with van der Waals surface area (Å²) in [6.07, 6.45) is 4.01. The van der Waals surface area contributed by atoms with Crippen LogP contribution >= 0.6 is 0 Å². The van der Waals surface area contributed by atoms with Crippen LogP contribution in [0.1, 0.15) is 6.42 Å². The molecule has 1 amide bonds. The van der Waals surface area contributed by atoms with Gasteiger partial charge in [-0.05, 0) is 12.1 Å². The second kappa shape index (κ2) is 4.18. The average Bonchev–Trinajstić information content (AvgIpc) is 2.79. The van der Waals surface area contributed by atoms with Gasteiger partial charge in [0.25, 0.3) is 0 Å². The number of nitrogens with zero attached hydrogens (tertiary/aromatic N) is 1. The SMILES string of the molecule is Nc1c(NC2CNC(=O)C2)ccc2cnccc12. The van der Waals surface area contributed by atoms with Crippen LogP contribution in [0.4, 0.5) is 11.4 Å². The van der Waals surface area contributed by atoms with Crippen molar-refractivity contribution < 1.29 is 4.79 Å². The van der Waals surface area contributed by atoms with Gasteiger partial charge >= 0.3 is 0 Å². The minimum absolute atomic E-state index is 0.0797. The van der Waals surface area contributed by atoms with Crippen molar-refractivity contribution in [2.75, 3.05) is 17.6 Å². The summed E-state index contributed by atoms with van der Waals surface area (Å²) < 4.78 is 0. The standard InChI is InChI=1S/C13H14N4O/c14-13-10-3-4-15-6-8(10)1-2-11(13)17-9-5-12(18)16-7-9/h1-4,6,9,17H,5,7,14H2,(H,16,18). The lowest BCUT2D eigenvalue weighted by Crippen LogP contribution is -2.22. The third-order valence-electron chi connectivity index (χ3n) is 3.20. The topological polar surface area (TPSA) is 80.0 Å². The minimum Gasteiger partial charge on any atom is -0.397 e. The first-order chi connectivity index (χ1) is 8.74. The number of nitrogens with one attached hydrogen (secondary N) is 2. The van der Waals surface area contributed by atoms with Crippen LogP contribution in [0.2, 0.25) is 0 Å². The Morgan fingerprint density at radius 3 is 3.06 bits per heavy atom. The summed E-state index contributed by atoms with van der Waals surface area (Å²) >= 11 is 0. The summed E-state index contributed by atoms with van der Waals surface area (Å²) in [6, 6.07) is 5.92. The Hall–Kier alpha value is -2.30. The molecule has 1 aromatic heterocycles. The molecular formula is C13H14N4O. The van der Waals surface area contributed by atoms with E-state index in [-0.39, 0.29) is 11.9 Å². The Kier molecular flexibility index (Phi) is 2.51. The summed E-state index contributed by atoms with van der Waals surface area (Å²) in [5, 5.41) is 8.09. The number of nitrogen functional groups attached to an aromatic ring is 1. The van der Waals surface area contributed by atoms with Crippen LogP contribution in [0.25, 0.3) is 10.8 Å². The van der Waals surface area contributed by atoms with Gasteiger partial charge in [-0.2, -0.15) is 0 Å². The van der Waals surface area contributed by atoms with Gasteiger partial charge < -0.3 is 16.4 Å². The van der Waals surface area contributed by atoms with Crippen LogP contribution in [0.15, 0.2) is 30.6 Å². The number of fused-ring (bicyclic) bond motifs is 1. The fourth-order valence-electron chi connectivity index (χ4n) is 2.25. The van der Waals surface area contributed by atoms with Crippen LogP contribution < -0.4 is 16.4 Å².